The molecule has 0 bridgehead atoms. The lowest BCUT2D eigenvalue weighted by molar-refractivity contribution is -0.385. The number of rotatable bonds is 2. The fourth-order valence-corrected chi connectivity index (χ4v) is 1.25. The van der Waals surface area contributed by atoms with E-state index in [2.05, 4.69) is 17.2 Å². The molecule has 5 heteroatoms. The average molecular weight is 219 g/mol. The van der Waals surface area contributed by atoms with Crippen molar-refractivity contribution in [1.29, 1.82) is 0 Å². The summed E-state index contributed by atoms with van der Waals surface area (Å²) < 4.78 is 0. The van der Waals surface area contributed by atoms with Crippen LogP contribution in [0, 0.1) is 28.9 Å². The highest BCUT2D eigenvalue weighted by molar-refractivity contribution is 5.63. The Labute approximate surface area is 93.8 Å². The lowest BCUT2D eigenvalue weighted by atomic mass is 10.1. The molecule has 16 heavy (non-hydrogen) atoms. The molecule has 0 heterocycles. The van der Waals surface area contributed by atoms with Gasteiger partial charge in [0.15, 0.2) is 0 Å². The van der Waals surface area contributed by atoms with Crippen molar-refractivity contribution in [2.75, 3.05) is 19.3 Å². The zero-order chi connectivity index (χ0) is 12.1. The van der Waals surface area contributed by atoms with Gasteiger partial charge >= 0.3 is 0 Å². The Kier molecular flexibility index (Phi) is 3.86. The van der Waals surface area contributed by atoms with Crippen LogP contribution in [0.4, 0.5) is 11.4 Å². The molecule has 1 rings (SSSR count). The van der Waals surface area contributed by atoms with Crippen LogP contribution in [-0.2, 0) is 0 Å². The highest BCUT2D eigenvalue weighted by atomic mass is 16.6. The maximum atomic E-state index is 10.6. The van der Waals surface area contributed by atoms with Crippen molar-refractivity contribution in [2.24, 2.45) is 0 Å². The molecule has 3 N–H and O–H groups in total. The van der Waals surface area contributed by atoms with Gasteiger partial charge in [-0.05, 0) is 20.0 Å². The van der Waals surface area contributed by atoms with Gasteiger partial charge in [-0.1, -0.05) is 11.8 Å². The summed E-state index contributed by atoms with van der Waals surface area (Å²) in [6.07, 6.45) is 0. The first-order valence-electron chi connectivity index (χ1n) is 4.74. The predicted octanol–water partition coefficient (Wildman–Crippen LogP) is 1.06. The molecule has 0 aliphatic carbocycles. The Hall–Kier alpha value is -2.06. The Morgan fingerprint density at radius 1 is 1.56 bits per heavy atom. The second kappa shape index (κ2) is 5.14. The third-order valence-electron chi connectivity index (χ3n) is 2.05. The van der Waals surface area contributed by atoms with Gasteiger partial charge in [0.2, 0.25) is 0 Å². The Morgan fingerprint density at radius 2 is 2.25 bits per heavy atom. The standard InChI is InChI=1S/C11H13N3O2/c1-8-6-9(4-3-5-13-2)10(12)7-11(8)14(15)16/h6-7,13H,5,12H2,1-2H3. The Balaban J connectivity index is 3.12. The van der Waals surface area contributed by atoms with Gasteiger partial charge in [-0.3, -0.25) is 10.1 Å². The average Bonchev–Trinajstić information content (AvgIpc) is 2.22. The van der Waals surface area contributed by atoms with Gasteiger partial charge in [-0.15, -0.1) is 0 Å². The van der Waals surface area contributed by atoms with Crippen LogP contribution in [0.2, 0.25) is 0 Å². The van der Waals surface area contributed by atoms with Crippen molar-refractivity contribution >= 4 is 11.4 Å². The number of nitrogen functional groups attached to an aromatic ring is 1. The van der Waals surface area contributed by atoms with Crippen LogP contribution in [0.15, 0.2) is 12.1 Å². The number of benzene rings is 1. The fraction of sp³-hybridized carbons (Fsp3) is 0.273. The SMILES string of the molecule is CNCC#Cc1cc(C)c([N+](=O)[O-])cc1N. The van der Waals surface area contributed by atoms with Gasteiger partial charge in [0.05, 0.1) is 17.2 Å². The summed E-state index contributed by atoms with van der Waals surface area (Å²) in [4.78, 5) is 10.2. The summed E-state index contributed by atoms with van der Waals surface area (Å²) in [5.74, 6) is 5.72. The number of anilines is 1. The van der Waals surface area contributed by atoms with Crippen LogP contribution in [0.25, 0.3) is 0 Å². The van der Waals surface area contributed by atoms with Gasteiger partial charge in [0.25, 0.3) is 5.69 Å². The van der Waals surface area contributed by atoms with E-state index in [1.165, 1.54) is 6.07 Å². The third kappa shape index (κ3) is 2.72. The Morgan fingerprint density at radius 3 is 2.81 bits per heavy atom. The van der Waals surface area contributed by atoms with E-state index in [0.29, 0.717) is 23.4 Å². The molecule has 1 aromatic carbocycles. The molecule has 0 saturated heterocycles. The summed E-state index contributed by atoms with van der Waals surface area (Å²) in [7, 11) is 1.79. The number of hydrogen-bond acceptors (Lipinski definition) is 4. The Bertz CT molecular complexity index is 472. The summed E-state index contributed by atoms with van der Waals surface area (Å²) in [6.45, 7) is 2.22. The fourth-order valence-electron chi connectivity index (χ4n) is 1.25. The summed E-state index contributed by atoms with van der Waals surface area (Å²) in [6, 6.07) is 2.98. The molecular formula is C11H13N3O2. The van der Waals surface area contributed by atoms with Crippen LogP contribution >= 0.6 is 0 Å². The van der Waals surface area contributed by atoms with Gasteiger partial charge in [0.1, 0.15) is 0 Å². The van der Waals surface area contributed by atoms with Crippen LogP contribution < -0.4 is 11.1 Å². The second-order valence-electron chi connectivity index (χ2n) is 3.32. The van der Waals surface area contributed by atoms with Crippen molar-refractivity contribution in [3.05, 3.63) is 33.4 Å². The van der Waals surface area contributed by atoms with Gasteiger partial charge in [-0.25, -0.2) is 0 Å². The molecule has 84 valence electrons. The maximum absolute atomic E-state index is 10.6. The van der Waals surface area contributed by atoms with Crippen LogP contribution in [0.5, 0.6) is 0 Å². The molecule has 0 saturated carbocycles. The molecule has 0 radical (unpaired) electrons. The van der Waals surface area contributed by atoms with E-state index in [4.69, 9.17) is 5.73 Å². The first kappa shape index (κ1) is 12.0. The molecule has 0 unspecified atom stereocenters. The van der Waals surface area contributed by atoms with E-state index < -0.39 is 4.92 Å². The summed E-state index contributed by atoms with van der Waals surface area (Å²) >= 11 is 0. The molecule has 1 aromatic rings. The number of nitrogens with zero attached hydrogens (tertiary/aromatic N) is 1. The number of aryl methyl sites for hydroxylation is 1. The van der Waals surface area contributed by atoms with Crippen LogP contribution in [0.1, 0.15) is 11.1 Å². The minimum absolute atomic E-state index is 0.0247. The van der Waals surface area contributed by atoms with Crippen molar-refractivity contribution < 1.29 is 4.92 Å². The summed E-state index contributed by atoms with van der Waals surface area (Å²) in [5, 5.41) is 13.5. The van der Waals surface area contributed by atoms with E-state index >= 15 is 0 Å². The smallest absolute Gasteiger partial charge is 0.274 e. The minimum atomic E-state index is -0.448. The molecule has 0 amide bonds. The maximum Gasteiger partial charge on any atom is 0.274 e. The molecule has 0 aliphatic rings. The first-order valence-corrected chi connectivity index (χ1v) is 4.74. The molecule has 0 atom stereocenters. The molecule has 0 aliphatic heterocycles. The van der Waals surface area contributed by atoms with E-state index in [9.17, 15) is 10.1 Å². The van der Waals surface area contributed by atoms with Gasteiger partial charge < -0.3 is 11.1 Å². The zero-order valence-electron chi connectivity index (χ0n) is 9.20. The third-order valence-corrected chi connectivity index (χ3v) is 2.05. The highest BCUT2D eigenvalue weighted by Crippen LogP contribution is 2.23. The minimum Gasteiger partial charge on any atom is -0.398 e. The second-order valence-corrected chi connectivity index (χ2v) is 3.32. The van der Waals surface area contributed by atoms with Gasteiger partial charge in [-0.2, -0.15) is 0 Å². The van der Waals surface area contributed by atoms with Crippen molar-refractivity contribution in [2.45, 2.75) is 6.92 Å². The van der Waals surface area contributed by atoms with E-state index in [1.54, 1.807) is 20.0 Å². The largest absolute Gasteiger partial charge is 0.398 e. The highest BCUT2D eigenvalue weighted by Gasteiger charge is 2.12. The number of nitro groups is 1. The van der Waals surface area contributed by atoms with Gasteiger partial charge in [0, 0.05) is 17.2 Å². The first-order chi connectivity index (χ1) is 7.56. The molecule has 5 nitrogen and oxygen atoms in total. The van der Waals surface area contributed by atoms with Crippen molar-refractivity contribution in [3.63, 3.8) is 0 Å². The molecule has 0 aromatic heterocycles. The quantitative estimate of drug-likeness (QED) is 0.337. The number of hydrogen-bond donors (Lipinski definition) is 2. The number of nitrogens with two attached hydrogens (primary N) is 1. The number of nitrogens with one attached hydrogen (secondary N) is 1. The lowest BCUT2D eigenvalue weighted by Gasteiger charge is -2.01. The normalized spacial score (nSPS) is 9.38. The zero-order valence-corrected chi connectivity index (χ0v) is 9.20. The number of nitro benzene ring substituents is 1. The van der Waals surface area contributed by atoms with Crippen LogP contribution in [-0.4, -0.2) is 18.5 Å². The summed E-state index contributed by atoms with van der Waals surface area (Å²) in [5.41, 5.74) is 7.23. The van der Waals surface area contributed by atoms with E-state index in [-0.39, 0.29) is 5.69 Å². The van der Waals surface area contributed by atoms with Crippen LogP contribution in [0.3, 0.4) is 0 Å². The van der Waals surface area contributed by atoms with E-state index in [1.807, 2.05) is 0 Å². The van der Waals surface area contributed by atoms with Crippen molar-refractivity contribution in [1.82, 2.24) is 5.32 Å². The van der Waals surface area contributed by atoms with Crippen molar-refractivity contribution in [3.8, 4) is 11.8 Å². The monoisotopic (exact) mass is 219 g/mol. The molecular weight excluding hydrogens is 206 g/mol. The predicted molar refractivity (Wildman–Crippen MR) is 63.1 cm³/mol. The topological polar surface area (TPSA) is 81.2 Å². The molecule has 0 spiro atoms. The molecule has 0 fully saturated rings. The lowest BCUT2D eigenvalue weighted by Crippen LogP contribution is -2.04. The van der Waals surface area contributed by atoms with E-state index in [0.717, 1.165) is 0 Å².